The van der Waals surface area contributed by atoms with E-state index in [1.165, 1.54) is 6.07 Å². The Balaban J connectivity index is 3.48. The van der Waals surface area contributed by atoms with Crippen molar-refractivity contribution < 1.29 is 9.90 Å². The highest BCUT2D eigenvalue weighted by atomic mass is 35.5. The van der Waals surface area contributed by atoms with Crippen LogP contribution in [0.15, 0.2) is 12.1 Å². The second kappa shape index (κ2) is 4.81. The Labute approximate surface area is 92.9 Å². The summed E-state index contributed by atoms with van der Waals surface area (Å²) >= 11 is 5.65. The number of hydrogen-bond donors (Lipinski definition) is 1. The zero-order chi connectivity index (χ0) is 11.4. The number of aromatic carboxylic acids is 1. The molecule has 15 heavy (non-hydrogen) atoms. The second-order valence-electron chi connectivity index (χ2n) is 3.08. The second-order valence-corrected chi connectivity index (χ2v) is 3.35. The lowest BCUT2D eigenvalue weighted by Crippen LogP contribution is -2.04. The molecule has 3 nitrogen and oxygen atoms in total. The maximum absolute atomic E-state index is 10.9. The third-order valence-corrected chi connectivity index (χ3v) is 2.47. The number of alkyl halides is 1. The van der Waals surface area contributed by atoms with Crippen molar-refractivity contribution in [1.82, 2.24) is 0 Å². The SMILES string of the molecule is CCc1cc(CCl)cc(C(=O)O)c1C#N. The topological polar surface area (TPSA) is 61.1 Å². The number of carboxylic acids is 1. The molecule has 1 rings (SSSR count). The van der Waals surface area contributed by atoms with Crippen LogP contribution in [0.2, 0.25) is 0 Å². The van der Waals surface area contributed by atoms with Gasteiger partial charge in [-0.2, -0.15) is 5.26 Å². The highest BCUT2D eigenvalue weighted by molar-refractivity contribution is 6.17. The third-order valence-electron chi connectivity index (χ3n) is 2.16. The van der Waals surface area contributed by atoms with Crippen LogP contribution in [0.4, 0.5) is 0 Å². The van der Waals surface area contributed by atoms with Crippen LogP contribution in [0.5, 0.6) is 0 Å². The number of hydrogen-bond acceptors (Lipinski definition) is 2. The Morgan fingerprint density at radius 3 is 2.67 bits per heavy atom. The minimum absolute atomic E-state index is 0.0347. The van der Waals surface area contributed by atoms with Gasteiger partial charge in [-0.25, -0.2) is 4.79 Å². The number of carboxylic acid groups (broad SMARTS) is 1. The van der Waals surface area contributed by atoms with Gasteiger partial charge >= 0.3 is 5.97 Å². The first-order valence-corrected chi connectivity index (χ1v) is 5.02. The van der Waals surface area contributed by atoms with E-state index < -0.39 is 5.97 Å². The van der Waals surface area contributed by atoms with Crippen molar-refractivity contribution >= 4 is 17.6 Å². The van der Waals surface area contributed by atoms with Crippen LogP contribution in [0.3, 0.4) is 0 Å². The number of rotatable bonds is 3. The number of benzene rings is 1. The Hall–Kier alpha value is -1.53. The molecule has 0 saturated heterocycles. The lowest BCUT2D eigenvalue weighted by molar-refractivity contribution is 0.0696. The van der Waals surface area contributed by atoms with E-state index >= 15 is 0 Å². The summed E-state index contributed by atoms with van der Waals surface area (Å²) < 4.78 is 0. The van der Waals surface area contributed by atoms with Crippen molar-refractivity contribution in [2.75, 3.05) is 0 Å². The van der Waals surface area contributed by atoms with Crippen LogP contribution in [-0.2, 0) is 12.3 Å². The zero-order valence-electron chi connectivity index (χ0n) is 8.25. The Kier molecular flexibility index (Phi) is 3.70. The molecule has 0 aromatic heterocycles. The van der Waals surface area contributed by atoms with Gasteiger partial charge in [0.15, 0.2) is 0 Å². The molecule has 1 N–H and O–H groups in total. The molecule has 0 saturated carbocycles. The van der Waals surface area contributed by atoms with E-state index in [9.17, 15) is 4.79 Å². The number of aryl methyl sites for hydroxylation is 1. The summed E-state index contributed by atoms with van der Waals surface area (Å²) in [4.78, 5) is 10.9. The molecule has 0 radical (unpaired) electrons. The molecule has 0 bridgehead atoms. The summed E-state index contributed by atoms with van der Waals surface area (Å²) in [5.74, 6) is -0.841. The largest absolute Gasteiger partial charge is 0.478 e. The van der Waals surface area contributed by atoms with E-state index in [4.69, 9.17) is 22.0 Å². The van der Waals surface area contributed by atoms with E-state index in [0.29, 0.717) is 6.42 Å². The zero-order valence-corrected chi connectivity index (χ0v) is 9.01. The predicted molar refractivity (Wildman–Crippen MR) is 57.1 cm³/mol. The Bertz CT molecular complexity index is 435. The average Bonchev–Trinajstić information content (AvgIpc) is 2.26. The van der Waals surface area contributed by atoms with Crippen molar-refractivity contribution in [1.29, 1.82) is 5.26 Å². The molecule has 0 aliphatic rings. The number of nitriles is 1. The van der Waals surface area contributed by atoms with Crippen LogP contribution in [0.25, 0.3) is 0 Å². The summed E-state index contributed by atoms with van der Waals surface area (Å²) in [5, 5.41) is 17.8. The summed E-state index contributed by atoms with van der Waals surface area (Å²) in [6.45, 7) is 1.87. The molecule has 0 heterocycles. The first kappa shape index (κ1) is 11.5. The van der Waals surface area contributed by atoms with Crippen LogP contribution in [0, 0.1) is 11.3 Å². The highest BCUT2D eigenvalue weighted by Gasteiger charge is 2.14. The molecule has 4 heteroatoms. The minimum Gasteiger partial charge on any atom is -0.478 e. The fourth-order valence-electron chi connectivity index (χ4n) is 1.42. The van der Waals surface area contributed by atoms with Crippen LogP contribution in [-0.4, -0.2) is 11.1 Å². The van der Waals surface area contributed by atoms with E-state index in [1.54, 1.807) is 6.07 Å². The highest BCUT2D eigenvalue weighted by Crippen LogP contribution is 2.19. The normalized spacial score (nSPS) is 9.67. The third kappa shape index (κ3) is 2.28. The van der Waals surface area contributed by atoms with Crippen molar-refractivity contribution in [3.05, 3.63) is 34.4 Å². The molecule has 0 unspecified atom stereocenters. The van der Waals surface area contributed by atoms with E-state index in [2.05, 4.69) is 0 Å². The predicted octanol–water partition coefficient (Wildman–Crippen LogP) is 2.56. The molecule has 0 spiro atoms. The van der Waals surface area contributed by atoms with Gasteiger partial charge in [0.05, 0.1) is 11.1 Å². The number of nitrogens with zero attached hydrogens (tertiary/aromatic N) is 1. The van der Waals surface area contributed by atoms with E-state index in [1.807, 2.05) is 13.0 Å². The molecule has 0 atom stereocenters. The molecule has 78 valence electrons. The fourth-order valence-corrected chi connectivity index (χ4v) is 1.58. The number of halogens is 1. The Morgan fingerprint density at radius 2 is 2.27 bits per heavy atom. The van der Waals surface area contributed by atoms with Gasteiger partial charge in [0, 0.05) is 5.88 Å². The Morgan fingerprint density at radius 1 is 1.60 bits per heavy atom. The van der Waals surface area contributed by atoms with Gasteiger partial charge in [-0.1, -0.05) is 13.0 Å². The van der Waals surface area contributed by atoms with Crippen molar-refractivity contribution in [2.24, 2.45) is 0 Å². The van der Waals surface area contributed by atoms with Gasteiger partial charge in [0.2, 0.25) is 0 Å². The van der Waals surface area contributed by atoms with Crippen LogP contribution < -0.4 is 0 Å². The lowest BCUT2D eigenvalue weighted by Gasteiger charge is -2.07. The quantitative estimate of drug-likeness (QED) is 0.801. The minimum atomic E-state index is -1.09. The lowest BCUT2D eigenvalue weighted by atomic mass is 9.97. The molecular weight excluding hydrogens is 214 g/mol. The van der Waals surface area contributed by atoms with Gasteiger partial charge < -0.3 is 5.11 Å². The molecule has 0 fully saturated rings. The smallest absolute Gasteiger partial charge is 0.337 e. The molecule has 0 amide bonds. The molecule has 1 aromatic rings. The maximum atomic E-state index is 10.9. The standard InChI is InChI=1S/C11H10ClNO2/c1-2-8-3-7(5-12)4-9(11(14)15)10(8)6-13/h3-4H,2,5H2,1H3,(H,14,15). The van der Waals surface area contributed by atoms with Gasteiger partial charge in [0.1, 0.15) is 6.07 Å². The van der Waals surface area contributed by atoms with Gasteiger partial charge in [-0.3, -0.25) is 0 Å². The fraction of sp³-hybridized carbons (Fsp3) is 0.273. The van der Waals surface area contributed by atoms with Crippen molar-refractivity contribution in [3.63, 3.8) is 0 Å². The van der Waals surface area contributed by atoms with Crippen LogP contribution in [0.1, 0.15) is 34.0 Å². The maximum Gasteiger partial charge on any atom is 0.337 e. The summed E-state index contributed by atoms with van der Waals surface area (Å²) in [6.07, 6.45) is 0.619. The average molecular weight is 224 g/mol. The van der Waals surface area contributed by atoms with Crippen molar-refractivity contribution in [3.8, 4) is 6.07 Å². The van der Waals surface area contributed by atoms with Gasteiger partial charge in [-0.05, 0) is 23.6 Å². The summed E-state index contributed by atoms with van der Waals surface area (Å²) in [6, 6.07) is 5.15. The van der Waals surface area contributed by atoms with Crippen molar-refractivity contribution in [2.45, 2.75) is 19.2 Å². The van der Waals surface area contributed by atoms with E-state index in [-0.39, 0.29) is 17.0 Å². The monoisotopic (exact) mass is 223 g/mol. The van der Waals surface area contributed by atoms with Crippen LogP contribution >= 0.6 is 11.6 Å². The first-order chi connectivity index (χ1) is 7.13. The summed E-state index contributed by atoms with van der Waals surface area (Å²) in [5.41, 5.74) is 1.73. The number of carbonyl (C=O) groups is 1. The summed E-state index contributed by atoms with van der Waals surface area (Å²) in [7, 11) is 0. The molecular formula is C11H10ClNO2. The van der Waals surface area contributed by atoms with E-state index in [0.717, 1.165) is 11.1 Å². The molecule has 0 aliphatic heterocycles. The molecule has 1 aromatic carbocycles. The molecule has 0 aliphatic carbocycles. The first-order valence-electron chi connectivity index (χ1n) is 4.49. The van der Waals surface area contributed by atoms with Gasteiger partial charge in [-0.15, -0.1) is 11.6 Å². The van der Waals surface area contributed by atoms with Gasteiger partial charge in [0.25, 0.3) is 0 Å².